The molecule has 0 radical (unpaired) electrons. The standard InChI is InChI=1S/C4H6IO.3C4H9.Sn/c1-3-6-4(2)5;3*1-3-4-2;/h4H,1H2,2H3;3*1,3-4H2,2H3;. The van der Waals surface area contributed by atoms with Crippen molar-refractivity contribution < 1.29 is 4.74 Å². The van der Waals surface area contributed by atoms with Crippen LogP contribution in [0.15, 0.2) is 10.4 Å². The van der Waals surface area contributed by atoms with Crippen LogP contribution in [0.2, 0.25) is 13.3 Å². The number of rotatable bonds is 12. The van der Waals surface area contributed by atoms with Crippen molar-refractivity contribution in [3.8, 4) is 0 Å². The number of unbranched alkanes of at least 4 members (excludes halogenated alkanes) is 3. The molecule has 0 bridgehead atoms. The maximum atomic E-state index is 6.09. The number of alkyl halides is 1. The van der Waals surface area contributed by atoms with E-state index in [0.29, 0.717) is 0 Å². The molecule has 0 spiro atoms. The molecule has 0 saturated heterocycles. The summed E-state index contributed by atoms with van der Waals surface area (Å²) in [6.45, 7) is 13.4. The predicted octanol–water partition coefficient (Wildman–Crippen LogP) is 6.69. The summed E-state index contributed by atoms with van der Waals surface area (Å²) in [5, 5.41) is 0. The maximum absolute atomic E-state index is 6.09. The van der Waals surface area contributed by atoms with E-state index in [1.54, 1.807) is 0 Å². The van der Waals surface area contributed by atoms with Crippen LogP contribution in [-0.2, 0) is 4.74 Å². The molecule has 0 rings (SSSR count). The van der Waals surface area contributed by atoms with Crippen LogP contribution in [-0.4, -0.2) is 22.5 Å². The molecule has 0 fully saturated rings. The Kier molecular flexibility index (Phi) is 12.4. The second kappa shape index (κ2) is 11.7. The van der Waals surface area contributed by atoms with Crippen molar-refractivity contribution in [3.63, 3.8) is 0 Å². The fourth-order valence-corrected chi connectivity index (χ4v) is 18.2. The molecule has 0 aromatic heterocycles. The third kappa shape index (κ3) is 8.17. The molecule has 0 N–H and O–H groups in total. The quantitative estimate of drug-likeness (QED) is 0.129. The number of hydrogen-bond acceptors (Lipinski definition) is 1. The van der Waals surface area contributed by atoms with Gasteiger partial charge in [0, 0.05) is 0 Å². The van der Waals surface area contributed by atoms with Gasteiger partial charge >= 0.3 is 140 Å². The summed E-state index contributed by atoms with van der Waals surface area (Å²) in [5.74, 6) is 0. The van der Waals surface area contributed by atoms with E-state index in [-0.39, 0.29) is 4.11 Å². The second-order valence-corrected chi connectivity index (χ2v) is 20.6. The minimum atomic E-state index is -2.30. The molecule has 0 aromatic carbocycles. The van der Waals surface area contributed by atoms with Crippen LogP contribution >= 0.6 is 22.6 Å². The first kappa shape index (κ1) is 20.1. The Morgan fingerprint density at radius 3 is 1.63 bits per heavy atom. The van der Waals surface area contributed by atoms with Crippen molar-refractivity contribution >= 4 is 41.0 Å². The molecular weight excluding hydrogens is 454 g/mol. The Labute approximate surface area is 139 Å². The first-order valence-electron chi connectivity index (χ1n) is 8.02. The van der Waals surface area contributed by atoms with Gasteiger partial charge in [-0.15, -0.1) is 0 Å². The van der Waals surface area contributed by atoms with Gasteiger partial charge in [0.2, 0.25) is 0 Å². The summed E-state index contributed by atoms with van der Waals surface area (Å²) in [6.07, 6.45) is 8.06. The second-order valence-electron chi connectivity index (χ2n) is 5.68. The van der Waals surface area contributed by atoms with Crippen LogP contribution in [0.25, 0.3) is 0 Å². The summed E-state index contributed by atoms with van der Waals surface area (Å²) in [5.41, 5.74) is 0. The Hall–Kier alpha value is 1.07. The SMILES string of the molecule is C=[C](OC(C)I)[Sn]([CH2]CCC)([CH2]CCC)[CH2]CCC. The summed E-state index contributed by atoms with van der Waals surface area (Å²) >= 11 is 0.0603. The first-order chi connectivity index (χ1) is 9.02. The number of halogens is 1. The van der Waals surface area contributed by atoms with Gasteiger partial charge in [0.1, 0.15) is 0 Å². The van der Waals surface area contributed by atoms with Crippen molar-refractivity contribution in [1.82, 2.24) is 0 Å². The summed E-state index contributed by atoms with van der Waals surface area (Å²) in [6, 6.07) is 0. The molecule has 1 nitrogen and oxygen atoms in total. The van der Waals surface area contributed by atoms with Crippen molar-refractivity contribution in [2.24, 2.45) is 0 Å². The molecule has 0 aromatic rings. The molecule has 0 aliphatic rings. The topological polar surface area (TPSA) is 9.23 Å². The van der Waals surface area contributed by atoms with Crippen LogP contribution in [0.1, 0.15) is 66.2 Å². The number of hydrogen-bond donors (Lipinski definition) is 0. The van der Waals surface area contributed by atoms with Crippen LogP contribution in [0.4, 0.5) is 0 Å². The van der Waals surface area contributed by atoms with Crippen molar-refractivity contribution in [3.05, 3.63) is 10.4 Å². The van der Waals surface area contributed by atoms with Crippen molar-refractivity contribution in [1.29, 1.82) is 0 Å². The molecule has 0 amide bonds. The van der Waals surface area contributed by atoms with E-state index in [9.17, 15) is 0 Å². The van der Waals surface area contributed by atoms with Crippen LogP contribution in [0.3, 0.4) is 0 Å². The fourth-order valence-electron chi connectivity index (χ4n) is 2.66. The van der Waals surface area contributed by atoms with Gasteiger partial charge in [0.05, 0.1) is 0 Å². The van der Waals surface area contributed by atoms with Crippen LogP contribution in [0, 0.1) is 0 Å². The van der Waals surface area contributed by atoms with E-state index in [0.717, 1.165) is 0 Å². The van der Waals surface area contributed by atoms with Crippen molar-refractivity contribution in [2.45, 2.75) is 83.6 Å². The van der Waals surface area contributed by atoms with Gasteiger partial charge < -0.3 is 0 Å². The Bertz CT molecular complexity index is 219. The Balaban J connectivity index is 4.90. The monoisotopic (exact) mass is 488 g/mol. The van der Waals surface area contributed by atoms with Crippen LogP contribution < -0.4 is 0 Å². The van der Waals surface area contributed by atoms with Gasteiger partial charge in [0.15, 0.2) is 0 Å². The van der Waals surface area contributed by atoms with E-state index in [2.05, 4.69) is 56.9 Å². The molecule has 0 aliphatic heterocycles. The molecule has 0 aliphatic carbocycles. The van der Waals surface area contributed by atoms with Gasteiger partial charge in [-0.1, -0.05) is 0 Å². The summed E-state index contributed by atoms with van der Waals surface area (Å²) in [4.78, 5) is 0. The minimum absolute atomic E-state index is 0.269. The van der Waals surface area contributed by atoms with Crippen molar-refractivity contribution in [2.75, 3.05) is 0 Å². The Morgan fingerprint density at radius 2 is 1.37 bits per heavy atom. The number of ether oxygens (including phenoxy) is 1. The average Bonchev–Trinajstić information content (AvgIpc) is 2.37. The van der Waals surface area contributed by atoms with E-state index < -0.39 is 18.4 Å². The van der Waals surface area contributed by atoms with Gasteiger partial charge in [-0.3, -0.25) is 0 Å². The molecule has 3 heteroatoms. The van der Waals surface area contributed by atoms with Gasteiger partial charge in [-0.2, -0.15) is 0 Å². The Morgan fingerprint density at radius 1 is 1.00 bits per heavy atom. The molecule has 114 valence electrons. The summed E-state index contributed by atoms with van der Waals surface area (Å²) < 4.78 is 12.0. The molecule has 1 atom stereocenters. The van der Waals surface area contributed by atoms with E-state index in [4.69, 9.17) is 4.74 Å². The first-order valence-corrected chi connectivity index (χ1v) is 16.7. The van der Waals surface area contributed by atoms with Gasteiger partial charge in [-0.25, -0.2) is 0 Å². The molecule has 1 unspecified atom stereocenters. The molecule has 0 saturated carbocycles. The summed E-state index contributed by atoms with van der Waals surface area (Å²) in [7, 11) is 0. The normalized spacial score (nSPS) is 13.3. The third-order valence-electron chi connectivity index (χ3n) is 3.92. The zero-order valence-corrected chi connectivity index (χ0v) is 18.4. The zero-order valence-electron chi connectivity index (χ0n) is 13.4. The molecule has 0 heterocycles. The molecule has 19 heavy (non-hydrogen) atoms. The van der Waals surface area contributed by atoms with E-state index in [1.165, 1.54) is 55.6 Å². The zero-order chi connectivity index (χ0) is 14.7. The van der Waals surface area contributed by atoms with E-state index in [1.807, 2.05) is 0 Å². The fraction of sp³-hybridized carbons (Fsp3) is 0.875. The average molecular weight is 487 g/mol. The van der Waals surface area contributed by atoms with Gasteiger partial charge in [-0.05, 0) is 0 Å². The van der Waals surface area contributed by atoms with Crippen LogP contribution in [0.5, 0.6) is 0 Å². The van der Waals surface area contributed by atoms with E-state index >= 15 is 0 Å². The van der Waals surface area contributed by atoms with Gasteiger partial charge in [0.25, 0.3) is 0 Å². The predicted molar refractivity (Wildman–Crippen MR) is 98.6 cm³/mol. The third-order valence-corrected chi connectivity index (χ3v) is 19.1. The molecular formula is C16H33IOSn.